The van der Waals surface area contributed by atoms with Crippen LogP contribution in [0.1, 0.15) is 47.0 Å². The van der Waals surface area contributed by atoms with E-state index in [0.717, 1.165) is 6.07 Å². The van der Waals surface area contributed by atoms with E-state index in [1.54, 1.807) is 13.0 Å². The quantitative estimate of drug-likeness (QED) is 0.0946. The molecule has 0 unspecified atom stereocenters. The summed E-state index contributed by atoms with van der Waals surface area (Å²) < 4.78 is 10.3. The minimum Gasteiger partial charge on any atom is -0.504 e. The van der Waals surface area contributed by atoms with Crippen LogP contribution >= 0.6 is 0 Å². The van der Waals surface area contributed by atoms with Crippen LogP contribution in [0.5, 0.6) is 23.0 Å². The van der Waals surface area contributed by atoms with Crippen LogP contribution < -0.4 is 36.1 Å². The third kappa shape index (κ3) is 8.06. The van der Waals surface area contributed by atoms with Gasteiger partial charge in [-0.2, -0.15) is 0 Å². The van der Waals surface area contributed by atoms with E-state index in [1.807, 2.05) is 0 Å². The van der Waals surface area contributed by atoms with Crippen LogP contribution in [0.2, 0.25) is 0 Å². The standard InChI is InChI=1S/C34H31N5O11/c1-17-14-20(37-26(41)15-35-31(44)18-4-6-19(7-5-18)36-16-40)8-9-21(17)32(45)38-24-12-10-22(27(42)29(24)49-2)33(46)39-25-13-11-23(34(47)48)28(43)30(25)50-3/h4-14,16,42-43H,15H2,1-3H3,(H,35,44)(H,36,40)(H,37,41)(H,38,45)(H,39,46)(H,47,48). The Morgan fingerprint density at radius 2 is 1.20 bits per heavy atom. The molecule has 0 heterocycles. The molecule has 0 saturated carbocycles. The highest BCUT2D eigenvalue weighted by Crippen LogP contribution is 2.40. The maximum atomic E-state index is 13.2. The summed E-state index contributed by atoms with van der Waals surface area (Å²) in [6.07, 6.45) is 0.509. The van der Waals surface area contributed by atoms with Crippen molar-refractivity contribution < 1.29 is 53.6 Å². The Labute approximate surface area is 284 Å². The van der Waals surface area contributed by atoms with Crippen LogP contribution in [0.3, 0.4) is 0 Å². The largest absolute Gasteiger partial charge is 0.504 e. The fourth-order valence-electron chi connectivity index (χ4n) is 4.74. The number of rotatable bonds is 13. The van der Waals surface area contributed by atoms with Crippen molar-refractivity contribution in [2.45, 2.75) is 6.92 Å². The number of hydrogen-bond donors (Lipinski definition) is 8. The van der Waals surface area contributed by atoms with E-state index >= 15 is 0 Å². The fraction of sp³-hybridized carbons (Fsp3) is 0.118. The molecule has 258 valence electrons. The number of aromatic hydroxyl groups is 2. The van der Waals surface area contributed by atoms with Crippen molar-refractivity contribution in [1.29, 1.82) is 0 Å². The number of aryl methyl sites for hydroxylation is 1. The van der Waals surface area contributed by atoms with Gasteiger partial charge in [0.1, 0.15) is 5.56 Å². The summed E-state index contributed by atoms with van der Waals surface area (Å²) >= 11 is 0. The summed E-state index contributed by atoms with van der Waals surface area (Å²) in [5.41, 5.74) is 1.05. The van der Waals surface area contributed by atoms with E-state index < -0.39 is 46.7 Å². The van der Waals surface area contributed by atoms with Crippen molar-refractivity contribution in [3.8, 4) is 23.0 Å². The highest BCUT2D eigenvalue weighted by molar-refractivity contribution is 6.10. The van der Waals surface area contributed by atoms with Crippen LogP contribution in [0.4, 0.5) is 22.7 Å². The van der Waals surface area contributed by atoms with Crippen LogP contribution in [0, 0.1) is 6.92 Å². The Morgan fingerprint density at radius 3 is 1.74 bits per heavy atom. The van der Waals surface area contributed by atoms with Gasteiger partial charge in [-0.1, -0.05) is 0 Å². The van der Waals surface area contributed by atoms with E-state index in [4.69, 9.17) is 9.47 Å². The average Bonchev–Trinajstić information content (AvgIpc) is 3.07. The normalized spacial score (nSPS) is 10.3. The van der Waals surface area contributed by atoms with Gasteiger partial charge in [0, 0.05) is 22.5 Å². The first-order valence-electron chi connectivity index (χ1n) is 14.5. The predicted molar refractivity (Wildman–Crippen MR) is 180 cm³/mol. The van der Waals surface area contributed by atoms with Gasteiger partial charge in [-0.15, -0.1) is 0 Å². The van der Waals surface area contributed by atoms with Crippen LogP contribution in [-0.2, 0) is 9.59 Å². The number of phenolic OH excluding ortho intramolecular Hbond substituents is 1. The van der Waals surface area contributed by atoms with Crippen LogP contribution in [0.15, 0.2) is 66.7 Å². The molecule has 0 aliphatic rings. The van der Waals surface area contributed by atoms with Crippen molar-refractivity contribution in [3.63, 3.8) is 0 Å². The number of anilines is 4. The van der Waals surface area contributed by atoms with E-state index in [2.05, 4.69) is 26.6 Å². The van der Waals surface area contributed by atoms with Gasteiger partial charge in [0.05, 0.1) is 37.7 Å². The smallest absolute Gasteiger partial charge is 0.339 e. The number of methoxy groups -OCH3 is 2. The Balaban J connectivity index is 1.41. The molecule has 50 heavy (non-hydrogen) atoms. The Morgan fingerprint density at radius 1 is 0.680 bits per heavy atom. The van der Waals surface area contributed by atoms with E-state index in [-0.39, 0.29) is 46.1 Å². The highest BCUT2D eigenvalue weighted by Gasteiger charge is 2.24. The number of carbonyl (C=O) groups excluding carboxylic acids is 5. The molecule has 0 aromatic heterocycles. The average molecular weight is 686 g/mol. The number of aromatic carboxylic acids is 1. The molecule has 0 atom stereocenters. The molecule has 0 fully saturated rings. The number of amides is 5. The second-order valence-corrected chi connectivity index (χ2v) is 10.4. The predicted octanol–water partition coefficient (Wildman–Crippen LogP) is 3.56. The van der Waals surface area contributed by atoms with E-state index in [0.29, 0.717) is 23.3 Å². The SMILES string of the molecule is COc1c(NC(=O)c2ccc(NC(=O)c3ccc(NC(=O)CNC(=O)c4ccc(NC=O)cc4)cc3C)c(OC)c2O)ccc(C(=O)O)c1O. The molecule has 16 heteroatoms. The second kappa shape index (κ2) is 15.7. The molecule has 0 bridgehead atoms. The molecule has 16 nitrogen and oxygen atoms in total. The molecule has 0 radical (unpaired) electrons. The van der Waals surface area contributed by atoms with Crippen molar-refractivity contribution in [1.82, 2.24) is 5.32 Å². The lowest BCUT2D eigenvalue weighted by Crippen LogP contribution is -2.32. The van der Waals surface area contributed by atoms with Crippen LogP contribution in [0.25, 0.3) is 0 Å². The van der Waals surface area contributed by atoms with Gasteiger partial charge in [-0.3, -0.25) is 24.0 Å². The first-order valence-corrected chi connectivity index (χ1v) is 14.5. The maximum Gasteiger partial charge on any atom is 0.339 e. The third-order valence-corrected chi connectivity index (χ3v) is 7.18. The van der Waals surface area contributed by atoms with Crippen molar-refractivity contribution >= 4 is 58.8 Å². The van der Waals surface area contributed by atoms with Crippen molar-refractivity contribution in [2.75, 3.05) is 42.0 Å². The van der Waals surface area contributed by atoms with Crippen molar-refractivity contribution in [3.05, 3.63) is 94.5 Å². The first kappa shape index (κ1) is 35.7. The number of nitrogens with one attached hydrogen (secondary N) is 5. The molecule has 0 aliphatic heterocycles. The summed E-state index contributed by atoms with van der Waals surface area (Å²) in [6, 6.07) is 15.4. The molecule has 4 rings (SSSR count). The Bertz CT molecular complexity index is 1990. The molecule has 4 aromatic carbocycles. The highest BCUT2D eigenvalue weighted by atomic mass is 16.5. The summed E-state index contributed by atoms with van der Waals surface area (Å²) in [5, 5.41) is 43.0. The van der Waals surface area contributed by atoms with Gasteiger partial charge in [-0.25, -0.2) is 4.79 Å². The van der Waals surface area contributed by atoms with Crippen LogP contribution in [-0.4, -0.2) is 72.1 Å². The minimum atomic E-state index is -1.41. The minimum absolute atomic E-state index is 0.0229. The number of ether oxygens (including phenoxy) is 2. The number of carbonyl (C=O) groups is 6. The zero-order valence-electron chi connectivity index (χ0n) is 26.7. The zero-order chi connectivity index (χ0) is 36.5. The summed E-state index contributed by atoms with van der Waals surface area (Å²) in [4.78, 5) is 72.9. The van der Waals surface area contributed by atoms with E-state index in [9.17, 15) is 44.1 Å². The molecule has 8 N–H and O–H groups in total. The summed E-state index contributed by atoms with van der Waals surface area (Å²) in [7, 11) is 2.38. The molecule has 4 aromatic rings. The number of benzene rings is 4. The lowest BCUT2D eigenvalue weighted by molar-refractivity contribution is -0.115. The van der Waals surface area contributed by atoms with Gasteiger partial charge in [0.2, 0.25) is 12.3 Å². The molecule has 0 aliphatic carbocycles. The molecule has 0 spiro atoms. The zero-order valence-corrected chi connectivity index (χ0v) is 26.7. The van der Waals surface area contributed by atoms with E-state index in [1.165, 1.54) is 68.8 Å². The number of carboxylic acids is 1. The topological polar surface area (TPSA) is 242 Å². The van der Waals surface area contributed by atoms with Gasteiger partial charge in [0.25, 0.3) is 17.7 Å². The Hall–Kier alpha value is -7.10. The van der Waals surface area contributed by atoms with Gasteiger partial charge in [0.15, 0.2) is 23.0 Å². The number of phenols is 2. The molecule has 5 amide bonds. The fourth-order valence-corrected chi connectivity index (χ4v) is 4.74. The number of carboxylic acid groups (broad SMARTS) is 1. The number of hydrogen-bond acceptors (Lipinski definition) is 10. The monoisotopic (exact) mass is 685 g/mol. The third-order valence-electron chi connectivity index (χ3n) is 7.18. The lowest BCUT2D eigenvalue weighted by atomic mass is 10.1. The molecular formula is C34H31N5O11. The summed E-state index contributed by atoms with van der Waals surface area (Å²) in [6.45, 7) is 1.30. The van der Waals surface area contributed by atoms with Gasteiger partial charge >= 0.3 is 5.97 Å². The second-order valence-electron chi connectivity index (χ2n) is 10.4. The summed E-state index contributed by atoms with van der Waals surface area (Å²) in [5.74, 6) is -5.78. The first-order chi connectivity index (χ1) is 23.9. The molecular weight excluding hydrogens is 654 g/mol. The molecule has 0 saturated heterocycles. The maximum absolute atomic E-state index is 13.2. The Kier molecular flexibility index (Phi) is 11.2. The van der Waals surface area contributed by atoms with Crippen molar-refractivity contribution in [2.24, 2.45) is 0 Å². The lowest BCUT2D eigenvalue weighted by Gasteiger charge is -2.16. The van der Waals surface area contributed by atoms with Gasteiger partial charge in [-0.05, 0) is 79.2 Å². The van der Waals surface area contributed by atoms with Gasteiger partial charge < -0.3 is 51.4 Å².